The Morgan fingerprint density at radius 3 is 1.94 bits per heavy atom. The van der Waals surface area contributed by atoms with E-state index in [4.69, 9.17) is 0 Å². The van der Waals surface area contributed by atoms with Crippen LogP contribution >= 0.6 is 15.9 Å². The molecule has 0 aliphatic heterocycles. The molecule has 85 valence electrons. The summed E-state index contributed by atoms with van der Waals surface area (Å²) in [5.41, 5.74) is 1.12. The van der Waals surface area contributed by atoms with Crippen molar-refractivity contribution in [3.05, 3.63) is 59.1 Å². The van der Waals surface area contributed by atoms with Gasteiger partial charge in [-0.2, -0.15) is 0 Å². The Kier molecular flexibility index (Phi) is 3.44. The fraction of sp³-hybridized carbons (Fsp3) is 0. The first-order valence-electron chi connectivity index (χ1n) is 5.00. The Bertz CT molecular complexity index is 511. The van der Waals surface area contributed by atoms with Crippen LogP contribution in [0.25, 0.3) is 0 Å². The predicted octanol–water partition coefficient (Wildman–Crippen LogP) is 4.14. The molecule has 0 N–H and O–H groups in total. The summed E-state index contributed by atoms with van der Waals surface area (Å²) in [5.74, 6) is 0. The van der Waals surface area contributed by atoms with Crippen LogP contribution in [0.15, 0.2) is 59.1 Å². The van der Waals surface area contributed by atoms with Crippen LogP contribution in [-0.2, 0) is 5.11 Å². The minimum Gasteiger partial charge on any atom is -0.243 e. The van der Waals surface area contributed by atoms with Crippen LogP contribution < -0.4 is 4.90 Å². The third-order valence-corrected chi connectivity index (χ3v) is 2.81. The highest BCUT2D eigenvalue weighted by molar-refractivity contribution is 9.10. The molecule has 0 fully saturated rings. The number of amides is 1. The molecular weight excluding hydrogens is 282 g/mol. The van der Waals surface area contributed by atoms with Gasteiger partial charge in [0, 0.05) is 4.47 Å². The van der Waals surface area contributed by atoms with Crippen LogP contribution in [0.5, 0.6) is 0 Å². The monoisotopic (exact) mass is 290 g/mol. The van der Waals surface area contributed by atoms with Crippen LogP contribution in [-0.4, -0.2) is 6.09 Å². The number of hydrogen-bond acceptors (Lipinski definition) is 1. The van der Waals surface area contributed by atoms with Crippen molar-refractivity contribution in [3.8, 4) is 0 Å². The van der Waals surface area contributed by atoms with E-state index >= 15 is 0 Å². The fourth-order valence-corrected chi connectivity index (χ4v) is 1.79. The second-order valence-corrected chi connectivity index (χ2v) is 4.33. The van der Waals surface area contributed by atoms with Gasteiger partial charge in [0.2, 0.25) is 0 Å². The zero-order valence-corrected chi connectivity index (χ0v) is 10.4. The van der Waals surface area contributed by atoms with Crippen LogP contribution in [0.4, 0.5) is 16.2 Å². The first-order valence-corrected chi connectivity index (χ1v) is 5.79. The van der Waals surface area contributed by atoms with Crippen molar-refractivity contribution in [1.82, 2.24) is 0 Å². The normalized spacial score (nSPS) is 9.94. The third-order valence-electron chi connectivity index (χ3n) is 2.28. The average Bonchev–Trinajstić information content (AvgIpc) is 2.33. The number of carbonyl (C=O) groups excluding carboxylic acids is 1. The number of anilines is 2. The molecule has 0 saturated carbocycles. The maximum atomic E-state index is 11.2. The number of carbonyl (C=O) groups is 1. The summed E-state index contributed by atoms with van der Waals surface area (Å²) >= 11 is 3.31. The highest BCUT2D eigenvalue weighted by Gasteiger charge is 2.17. The maximum absolute atomic E-state index is 11.2. The standard InChI is InChI=1S/C13H9BrNO2/c14-10-6-8-12(9-7-10)15(13(16)17)11-4-2-1-3-5-11/h1-9H. The molecule has 0 heterocycles. The fourth-order valence-electron chi connectivity index (χ4n) is 1.53. The van der Waals surface area contributed by atoms with E-state index in [1.807, 2.05) is 6.07 Å². The summed E-state index contributed by atoms with van der Waals surface area (Å²) in [6, 6.07) is 15.8. The Balaban J connectivity index is 2.43. The number of rotatable bonds is 2. The van der Waals surface area contributed by atoms with Gasteiger partial charge in [0.15, 0.2) is 0 Å². The number of para-hydroxylation sites is 1. The van der Waals surface area contributed by atoms with Crippen molar-refractivity contribution in [1.29, 1.82) is 0 Å². The van der Waals surface area contributed by atoms with Crippen molar-refractivity contribution in [2.75, 3.05) is 4.90 Å². The van der Waals surface area contributed by atoms with E-state index in [9.17, 15) is 9.90 Å². The third kappa shape index (κ3) is 2.65. The van der Waals surface area contributed by atoms with Gasteiger partial charge < -0.3 is 0 Å². The lowest BCUT2D eigenvalue weighted by molar-refractivity contribution is 0.179. The van der Waals surface area contributed by atoms with E-state index in [1.54, 1.807) is 48.5 Å². The van der Waals surface area contributed by atoms with Crippen LogP contribution in [0.3, 0.4) is 0 Å². The van der Waals surface area contributed by atoms with Crippen LogP contribution in [0.2, 0.25) is 0 Å². The van der Waals surface area contributed by atoms with Gasteiger partial charge in [-0.3, -0.25) is 0 Å². The van der Waals surface area contributed by atoms with Crippen molar-refractivity contribution in [3.63, 3.8) is 0 Å². The van der Waals surface area contributed by atoms with E-state index < -0.39 is 6.09 Å². The zero-order valence-electron chi connectivity index (χ0n) is 8.84. The SMILES string of the molecule is [O]C(=O)N(c1ccccc1)c1ccc(Br)cc1. The van der Waals surface area contributed by atoms with Gasteiger partial charge in [0.05, 0.1) is 11.4 Å². The molecule has 0 atom stereocenters. The van der Waals surface area contributed by atoms with E-state index in [2.05, 4.69) is 15.9 Å². The first kappa shape index (κ1) is 11.7. The molecule has 17 heavy (non-hydrogen) atoms. The highest BCUT2D eigenvalue weighted by atomic mass is 79.9. The molecule has 2 aromatic carbocycles. The summed E-state index contributed by atoms with van der Waals surface area (Å²) < 4.78 is 0.896. The van der Waals surface area contributed by atoms with Crippen molar-refractivity contribution >= 4 is 33.4 Å². The molecule has 2 rings (SSSR count). The van der Waals surface area contributed by atoms with Crippen molar-refractivity contribution in [2.45, 2.75) is 0 Å². The molecular formula is C13H9BrNO2. The summed E-state index contributed by atoms with van der Waals surface area (Å²) in [6.45, 7) is 0. The Labute approximate surface area is 107 Å². The smallest absolute Gasteiger partial charge is 0.243 e. The molecule has 0 spiro atoms. The number of halogens is 1. The van der Waals surface area contributed by atoms with E-state index in [-0.39, 0.29) is 0 Å². The van der Waals surface area contributed by atoms with E-state index in [1.165, 1.54) is 0 Å². The molecule has 4 heteroatoms. The molecule has 0 saturated heterocycles. The largest absolute Gasteiger partial charge is 0.462 e. The van der Waals surface area contributed by atoms with Gasteiger partial charge >= 0.3 is 6.09 Å². The molecule has 1 radical (unpaired) electrons. The summed E-state index contributed by atoms with van der Waals surface area (Å²) in [5, 5.41) is 11.2. The van der Waals surface area contributed by atoms with Crippen molar-refractivity contribution < 1.29 is 9.90 Å². The van der Waals surface area contributed by atoms with E-state index in [0.717, 1.165) is 9.37 Å². The first-order chi connectivity index (χ1) is 8.18. The lowest BCUT2D eigenvalue weighted by Gasteiger charge is -2.18. The Morgan fingerprint density at radius 2 is 1.41 bits per heavy atom. The van der Waals surface area contributed by atoms with Gasteiger partial charge in [0.25, 0.3) is 0 Å². The number of hydrogen-bond donors (Lipinski definition) is 0. The molecule has 0 bridgehead atoms. The van der Waals surface area contributed by atoms with E-state index in [0.29, 0.717) is 11.4 Å². The second kappa shape index (κ2) is 5.01. The Morgan fingerprint density at radius 1 is 0.882 bits per heavy atom. The van der Waals surface area contributed by atoms with Crippen molar-refractivity contribution in [2.24, 2.45) is 0 Å². The second-order valence-electron chi connectivity index (χ2n) is 3.41. The minimum absolute atomic E-state index is 0.555. The highest BCUT2D eigenvalue weighted by Crippen LogP contribution is 2.26. The topological polar surface area (TPSA) is 40.2 Å². The lowest BCUT2D eigenvalue weighted by atomic mass is 10.2. The number of benzene rings is 2. The quantitative estimate of drug-likeness (QED) is 0.819. The molecule has 0 aliphatic rings. The minimum atomic E-state index is -1.25. The molecule has 3 nitrogen and oxygen atoms in total. The molecule has 0 aromatic heterocycles. The van der Waals surface area contributed by atoms with Gasteiger partial charge in [0.1, 0.15) is 0 Å². The summed E-state index contributed by atoms with van der Waals surface area (Å²) in [6.07, 6.45) is -1.25. The maximum Gasteiger partial charge on any atom is 0.462 e. The zero-order chi connectivity index (χ0) is 12.3. The summed E-state index contributed by atoms with van der Waals surface area (Å²) in [4.78, 5) is 12.3. The molecule has 1 amide bonds. The van der Waals surface area contributed by atoms with Gasteiger partial charge in [-0.25, -0.2) is 14.8 Å². The molecule has 2 aromatic rings. The summed E-state index contributed by atoms with van der Waals surface area (Å²) in [7, 11) is 0. The van der Waals surface area contributed by atoms with Gasteiger partial charge in [-0.05, 0) is 36.4 Å². The van der Waals surface area contributed by atoms with Gasteiger partial charge in [-0.15, -0.1) is 0 Å². The molecule has 0 unspecified atom stereocenters. The number of nitrogens with zero attached hydrogens (tertiary/aromatic N) is 1. The molecule has 0 aliphatic carbocycles. The van der Waals surface area contributed by atoms with Gasteiger partial charge in [-0.1, -0.05) is 34.1 Å². The predicted molar refractivity (Wildman–Crippen MR) is 68.8 cm³/mol. The lowest BCUT2D eigenvalue weighted by Crippen LogP contribution is -2.22. The Hall–Kier alpha value is -1.81. The van der Waals surface area contributed by atoms with Crippen LogP contribution in [0, 0.1) is 0 Å². The van der Waals surface area contributed by atoms with Crippen LogP contribution in [0.1, 0.15) is 0 Å². The average molecular weight is 291 g/mol.